The molecule has 168 valence electrons. The molecule has 8 heteroatoms. The third-order valence-corrected chi connectivity index (χ3v) is 5.91. The van der Waals surface area contributed by atoms with Gasteiger partial charge in [0.2, 0.25) is 0 Å². The summed E-state index contributed by atoms with van der Waals surface area (Å²) < 4.78 is 7.43. The Morgan fingerprint density at radius 1 is 1.22 bits per heavy atom. The Labute approximate surface area is 186 Å². The van der Waals surface area contributed by atoms with Gasteiger partial charge < -0.3 is 14.5 Å². The third-order valence-electron chi connectivity index (χ3n) is 5.91. The van der Waals surface area contributed by atoms with Crippen LogP contribution in [0, 0.1) is 5.92 Å². The predicted molar refractivity (Wildman–Crippen MR) is 119 cm³/mol. The van der Waals surface area contributed by atoms with Crippen LogP contribution in [0.4, 0.5) is 0 Å². The molecule has 4 rings (SSSR count). The molecule has 0 aliphatic carbocycles. The molecule has 1 aliphatic heterocycles. The zero-order chi connectivity index (χ0) is 22.7. The highest BCUT2D eigenvalue weighted by molar-refractivity contribution is 5.95. The number of hydroxylamine groups is 1. The van der Waals surface area contributed by atoms with Crippen LogP contribution in [0.15, 0.2) is 48.7 Å². The first kappa shape index (κ1) is 22.0. The number of carbonyl (C=O) groups is 2. The lowest BCUT2D eigenvalue weighted by atomic mass is 9.94. The Bertz CT molecular complexity index is 1110. The molecule has 1 saturated heterocycles. The van der Waals surface area contributed by atoms with Crippen molar-refractivity contribution in [3.05, 3.63) is 71.2 Å². The highest BCUT2D eigenvalue weighted by Crippen LogP contribution is 2.23. The number of nitrogens with one attached hydrogen (secondary N) is 2. The molecule has 3 N–H and O–H groups in total. The van der Waals surface area contributed by atoms with Crippen LogP contribution in [-0.2, 0) is 16.0 Å². The second kappa shape index (κ2) is 9.50. The van der Waals surface area contributed by atoms with Crippen molar-refractivity contribution < 1.29 is 19.5 Å². The smallest absolute Gasteiger partial charge is 0.251 e. The Balaban J connectivity index is 1.49. The summed E-state index contributed by atoms with van der Waals surface area (Å²) >= 11 is 0. The Morgan fingerprint density at radius 2 is 2.00 bits per heavy atom. The van der Waals surface area contributed by atoms with Crippen LogP contribution in [0.2, 0.25) is 0 Å². The molecule has 0 bridgehead atoms. The van der Waals surface area contributed by atoms with Gasteiger partial charge in [-0.25, -0.2) is 10.5 Å². The zero-order valence-corrected chi connectivity index (χ0v) is 18.2. The largest absolute Gasteiger partial charge is 0.380 e. The first-order valence-electron chi connectivity index (χ1n) is 10.8. The molecular weight excluding hydrogens is 408 g/mol. The molecule has 8 nitrogen and oxygen atoms in total. The van der Waals surface area contributed by atoms with Crippen molar-refractivity contribution in [2.24, 2.45) is 5.92 Å². The van der Waals surface area contributed by atoms with Gasteiger partial charge in [-0.1, -0.05) is 32.0 Å². The number of ether oxygens (including phenoxy) is 1. The van der Waals surface area contributed by atoms with Crippen LogP contribution in [0.5, 0.6) is 0 Å². The van der Waals surface area contributed by atoms with Crippen molar-refractivity contribution >= 4 is 17.5 Å². The molecule has 0 unspecified atom stereocenters. The fraction of sp³-hybridized carbons (Fsp3) is 0.375. The average molecular weight is 437 g/mol. The van der Waals surface area contributed by atoms with E-state index in [4.69, 9.17) is 14.9 Å². The summed E-state index contributed by atoms with van der Waals surface area (Å²) in [6, 6.07) is 13.1. The van der Waals surface area contributed by atoms with Gasteiger partial charge in [0.25, 0.3) is 11.8 Å². The maximum atomic E-state index is 12.8. The van der Waals surface area contributed by atoms with Crippen molar-refractivity contribution in [3.8, 4) is 0 Å². The summed E-state index contributed by atoms with van der Waals surface area (Å²) in [5.74, 6) is -1.13. The monoisotopic (exact) mass is 436 g/mol. The zero-order valence-electron chi connectivity index (χ0n) is 18.2. The van der Waals surface area contributed by atoms with E-state index >= 15 is 0 Å². The van der Waals surface area contributed by atoms with Crippen LogP contribution in [-0.4, -0.2) is 45.7 Å². The van der Waals surface area contributed by atoms with E-state index in [0.717, 1.165) is 22.6 Å². The Hall–Kier alpha value is -3.23. The van der Waals surface area contributed by atoms with Crippen LogP contribution < -0.4 is 10.8 Å². The van der Waals surface area contributed by atoms with Crippen molar-refractivity contribution in [3.63, 3.8) is 0 Å². The Morgan fingerprint density at radius 3 is 2.72 bits per heavy atom. The van der Waals surface area contributed by atoms with E-state index in [1.54, 1.807) is 17.6 Å². The van der Waals surface area contributed by atoms with Crippen LogP contribution in [0.25, 0.3) is 5.65 Å². The molecule has 32 heavy (non-hydrogen) atoms. The second-order valence-corrected chi connectivity index (χ2v) is 8.43. The van der Waals surface area contributed by atoms with Gasteiger partial charge in [-0.3, -0.25) is 14.8 Å². The van der Waals surface area contributed by atoms with E-state index in [1.807, 2.05) is 36.5 Å². The third kappa shape index (κ3) is 4.51. The summed E-state index contributed by atoms with van der Waals surface area (Å²) in [4.78, 5) is 29.4. The van der Waals surface area contributed by atoms with E-state index in [9.17, 15) is 9.59 Å². The number of aromatic nitrogens is 2. The quantitative estimate of drug-likeness (QED) is 0.407. The number of pyridine rings is 1. The fourth-order valence-corrected chi connectivity index (χ4v) is 4.17. The summed E-state index contributed by atoms with van der Waals surface area (Å²) in [5, 5.41) is 11.8. The number of imidazole rings is 1. The van der Waals surface area contributed by atoms with Gasteiger partial charge in [-0.15, -0.1) is 0 Å². The van der Waals surface area contributed by atoms with Gasteiger partial charge in [-0.05, 0) is 42.2 Å². The number of hydrogen-bond acceptors (Lipinski definition) is 5. The number of benzene rings is 1. The van der Waals surface area contributed by atoms with Gasteiger partial charge >= 0.3 is 0 Å². The van der Waals surface area contributed by atoms with E-state index in [1.165, 1.54) is 0 Å². The van der Waals surface area contributed by atoms with Crippen LogP contribution >= 0.6 is 0 Å². The molecule has 3 heterocycles. The number of fused-ring (bicyclic) bond motifs is 1. The summed E-state index contributed by atoms with van der Waals surface area (Å²) in [5.41, 5.74) is 6.41. The number of rotatable bonds is 6. The van der Waals surface area contributed by atoms with Gasteiger partial charge in [0.1, 0.15) is 5.65 Å². The molecule has 3 aromatic rings. The van der Waals surface area contributed by atoms with Crippen LogP contribution in [0.1, 0.15) is 53.5 Å². The van der Waals surface area contributed by atoms with Gasteiger partial charge in [0, 0.05) is 30.8 Å². The predicted octanol–water partition coefficient (Wildman–Crippen LogP) is 2.69. The Kier molecular flexibility index (Phi) is 6.53. The molecule has 2 atom stereocenters. The SMILES string of the molecule is CC(C)c1nc2ccccn2c1Cc1ccc(C(=O)N[C@@H]2CCOC[C@@H]2C(=O)NO)cc1. The van der Waals surface area contributed by atoms with Crippen LogP contribution in [0.3, 0.4) is 0 Å². The topological polar surface area (TPSA) is 105 Å². The molecule has 2 amide bonds. The molecule has 2 aromatic heterocycles. The summed E-state index contributed by atoms with van der Waals surface area (Å²) in [6.07, 6.45) is 3.24. The second-order valence-electron chi connectivity index (χ2n) is 8.43. The fourth-order valence-electron chi connectivity index (χ4n) is 4.17. The number of hydrogen-bond donors (Lipinski definition) is 3. The van der Waals surface area contributed by atoms with Crippen molar-refractivity contribution in [1.29, 1.82) is 0 Å². The van der Waals surface area contributed by atoms with Crippen molar-refractivity contribution in [2.45, 2.75) is 38.6 Å². The van der Waals surface area contributed by atoms with Gasteiger partial charge in [0.15, 0.2) is 0 Å². The van der Waals surface area contributed by atoms with Gasteiger partial charge in [0.05, 0.1) is 23.9 Å². The molecule has 1 aliphatic rings. The summed E-state index contributed by atoms with van der Waals surface area (Å²) in [6.45, 7) is 4.89. The van der Waals surface area contributed by atoms with Crippen molar-refractivity contribution in [2.75, 3.05) is 13.2 Å². The highest BCUT2D eigenvalue weighted by atomic mass is 16.5. The minimum atomic E-state index is -0.624. The minimum absolute atomic E-state index is 0.160. The first-order chi connectivity index (χ1) is 15.5. The lowest BCUT2D eigenvalue weighted by molar-refractivity contribution is -0.138. The van der Waals surface area contributed by atoms with E-state index < -0.39 is 17.9 Å². The van der Waals surface area contributed by atoms with E-state index in [2.05, 4.69) is 23.6 Å². The van der Waals surface area contributed by atoms with E-state index in [0.29, 0.717) is 30.9 Å². The molecule has 0 spiro atoms. The number of nitrogens with zero attached hydrogens (tertiary/aromatic N) is 2. The molecule has 0 saturated carbocycles. The lowest BCUT2D eigenvalue weighted by Crippen LogP contribution is -2.51. The maximum absolute atomic E-state index is 12.8. The highest BCUT2D eigenvalue weighted by Gasteiger charge is 2.32. The molecule has 1 fully saturated rings. The molecular formula is C24H28N4O4. The standard InChI is InChI=1S/C24H28N4O4/c1-15(2)22-20(28-11-4-3-5-21(28)26-22)13-16-6-8-17(9-7-16)23(29)25-19-10-12-32-14-18(19)24(30)27-31/h3-9,11,15,18-19,31H,10,12-14H2,1-2H3,(H,25,29)(H,27,30)/t18-,19+/m0/s1. The minimum Gasteiger partial charge on any atom is -0.380 e. The molecule has 1 aromatic carbocycles. The average Bonchev–Trinajstić information content (AvgIpc) is 3.18. The molecule has 0 radical (unpaired) electrons. The van der Waals surface area contributed by atoms with Gasteiger partial charge in [-0.2, -0.15) is 0 Å². The first-order valence-corrected chi connectivity index (χ1v) is 10.8. The van der Waals surface area contributed by atoms with E-state index in [-0.39, 0.29) is 12.5 Å². The normalized spacial score (nSPS) is 18.6. The summed E-state index contributed by atoms with van der Waals surface area (Å²) in [7, 11) is 0. The number of carbonyl (C=O) groups excluding carboxylic acids is 2. The lowest BCUT2D eigenvalue weighted by Gasteiger charge is -2.30. The maximum Gasteiger partial charge on any atom is 0.251 e. The number of amides is 2. The van der Waals surface area contributed by atoms with Crippen molar-refractivity contribution in [1.82, 2.24) is 20.2 Å².